The number of sulfonamides is 1. The Balaban J connectivity index is 1.74. The van der Waals surface area contributed by atoms with Crippen LogP contribution in [0.5, 0.6) is 11.5 Å². The Hall–Kier alpha value is -2.38. The summed E-state index contributed by atoms with van der Waals surface area (Å²) in [5.41, 5.74) is -0.0336. The lowest BCUT2D eigenvalue weighted by Gasteiger charge is -2.43. The number of benzene rings is 2. The van der Waals surface area contributed by atoms with Crippen molar-refractivity contribution in [2.45, 2.75) is 18.7 Å². The molecule has 0 radical (unpaired) electrons. The number of nitrogens with zero attached hydrogens (tertiary/aromatic N) is 1. The molecule has 1 aliphatic rings. The molecule has 0 aromatic heterocycles. The van der Waals surface area contributed by atoms with Crippen LogP contribution in [0.25, 0.3) is 0 Å². The Labute approximate surface area is 146 Å². The number of aliphatic carboxylic acids is 1. The number of hydrogen-bond acceptors (Lipinski definition) is 4. The highest BCUT2D eigenvalue weighted by Crippen LogP contribution is 2.35. The van der Waals surface area contributed by atoms with Crippen molar-refractivity contribution >= 4 is 16.0 Å². The fourth-order valence-corrected chi connectivity index (χ4v) is 4.35. The standard InChI is InChI=1S/C18H19NO5S/c1-13-5-3-4-6-16(13)24-14-7-9-15(10-8-14)25(22,23)19-11-18(2,12-19)17(20)21/h3-10H,11-12H2,1-2H3,(H,20,21). The summed E-state index contributed by atoms with van der Waals surface area (Å²) in [5.74, 6) is 0.256. The average molecular weight is 361 g/mol. The second kappa shape index (κ2) is 6.16. The normalized spacial score (nSPS) is 16.9. The molecular formula is C18H19NO5S. The highest BCUT2D eigenvalue weighted by molar-refractivity contribution is 7.89. The predicted molar refractivity (Wildman–Crippen MR) is 92.2 cm³/mol. The maximum atomic E-state index is 12.5. The summed E-state index contributed by atoms with van der Waals surface area (Å²) >= 11 is 0. The molecule has 0 saturated carbocycles. The average Bonchev–Trinajstić information content (AvgIpc) is 2.54. The van der Waals surface area contributed by atoms with E-state index in [2.05, 4.69) is 0 Å². The molecule has 0 amide bonds. The fraction of sp³-hybridized carbons (Fsp3) is 0.278. The summed E-state index contributed by atoms with van der Waals surface area (Å²) in [6.45, 7) is 3.43. The van der Waals surface area contributed by atoms with E-state index in [1.165, 1.54) is 16.4 Å². The Morgan fingerprint density at radius 3 is 2.28 bits per heavy atom. The lowest BCUT2D eigenvalue weighted by molar-refractivity contribution is -0.154. The number of ether oxygens (including phenoxy) is 1. The topological polar surface area (TPSA) is 83.9 Å². The van der Waals surface area contributed by atoms with Gasteiger partial charge in [-0.2, -0.15) is 4.31 Å². The minimum Gasteiger partial charge on any atom is -0.481 e. The van der Waals surface area contributed by atoms with Gasteiger partial charge in [-0.05, 0) is 49.7 Å². The first kappa shape index (κ1) is 17.4. The third-order valence-electron chi connectivity index (χ3n) is 4.35. The van der Waals surface area contributed by atoms with Crippen LogP contribution in [0, 0.1) is 12.3 Å². The lowest BCUT2D eigenvalue weighted by atomic mass is 9.84. The van der Waals surface area contributed by atoms with Gasteiger partial charge in [-0.3, -0.25) is 4.79 Å². The Morgan fingerprint density at radius 1 is 1.12 bits per heavy atom. The molecular weight excluding hydrogens is 342 g/mol. The van der Waals surface area contributed by atoms with Gasteiger partial charge in [0.15, 0.2) is 0 Å². The highest BCUT2D eigenvalue weighted by atomic mass is 32.2. The Bertz CT molecular complexity index is 899. The van der Waals surface area contributed by atoms with E-state index in [0.717, 1.165) is 5.56 Å². The zero-order chi connectivity index (χ0) is 18.2. The van der Waals surface area contributed by atoms with Gasteiger partial charge in [0.25, 0.3) is 0 Å². The molecule has 1 aliphatic heterocycles. The van der Waals surface area contributed by atoms with Crippen molar-refractivity contribution in [1.29, 1.82) is 0 Å². The van der Waals surface area contributed by atoms with E-state index in [-0.39, 0.29) is 18.0 Å². The monoisotopic (exact) mass is 361 g/mol. The van der Waals surface area contributed by atoms with Gasteiger partial charge >= 0.3 is 5.97 Å². The third-order valence-corrected chi connectivity index (χ3v) is 6.16. The van der Waals surface area contributed by atoms with Crippen LogP contribution in [0.1, 0.15) is 12.5 Å². The van der Waals surface area contributed by atoms with Crippen LogP contribution < -0.4 is 4.74 Å². The quantitative estimate of drug-likeness (QED) is 0.885. The maximum absolute atomic E-state index is 12.5. The van der Waals surface area contributed by atoms with Gasteiger partial charge in [0.1, 0.15) is 11.5 Å². The number of hydrogen-bond donors (Lipinski definition) is 1. The van der Waals surface area contributed by atoms with Gasteiger partial charge in [-0.1, -0.05) is 18.2 Å². The number of carbonyl (C=O) groups is 1. The van der Waals surface area contributed by atoms with Gasteiger partial charge in [0, 0.05) is 13.1 Å². The van der Waals surface area contributed by atoms with E-state index >= 15 is 0 Å². The predicted octanol–water partition coefficient (Wildman–Crippen LogP) is 2.88. The molecule has 1 saturated heterocycles. The molecule has 3 rings (SSSR count). The van der Waals surface area contributed by atoms with Crippen molar-refractivity contribution < 1.29 is 23.1 Å². The molecule has 1 fully saturated rings. The van der Waals surface area contributed by atoms with Crippen LogP contribution in [0.15, 0.2) is 53.4 Å². The molecule has 0 unspecified atom stereocenters. The molecule has 25 heavy (non-hydrogen) atoms. The number of para-hydroxylation sites is 1. The Kier molecular flexibility index (Phi) is 4.30. The molecule has 7 heteroatoms. The van der Waals surface area contributed by atoms with Gasteiger partial charge in [0.05, 0.1) is 10.3 Å². The van der Waals surface area contributed by atoms with E-state index in [1.807, 2.05) is 31.2 Å². The summed E-state index contributed by atoms with van der Waals surface area (Å²) in [6, 6.07) is 13.7. The first-order valence-electron chi connectivity index (χ1n) is 7.79. The van der Waals surface area contributed by atoms with Crippen molar-refractivity contribution in [2.24, 2.45) is 5.41 Å². The zero-order valence-electron chi connectivity index (χ0n) is 14.0. The third kappa shape index (κ3) is 3.25. The van der Waals surface area contributed by atoms with E-state index in [9.17, 15) is 13.2 Å². The first-order valence-corrected chi connectivity index (χ1v) is 9.23. The second-order valence-corrected chi connectivity index (χ2v) is 8.42. The SMILES string of the molecule is Cc1ccccc1Oc1ccc(S(=O)(=O)N2CC(C)(C(=O)O)C2)cc1. The largest absolute Gasteiger partial charge is 0.481 e. The van der Waals surface area contributed by atoms with E-state index in [0.29, 0.717) is 11.5 Å². The Morgan fingerprint density at radius 2 is 1.72 bits per heavy atom. The molecule has 6 nitrogen and oxygen atoms in total. The van der Waals surface area contributed by atoms with Crippen LogP contribution in [0.2, 0.25) is 0 Å². The molecule has 0 spiro atoms. The number of carboxylic acid groups (broad SMARTS) is 1. The number of rotatable bonds is 5. The van der Waals surface area contributed by atoms with E-state index in [4.69, 9.17) is 9.84 Å². The van der Waals surface area contributed by atoms with Crippen molar-refractivity contribution in [3.63, 3.8) is 0 Å². The van der Waals surface area contributed by atoms with Gasteiger partial charge in [0.2, 0.25) is 10.0 Å². The van der Waals surface area contributed by atoms with Crippen molar-refractivity contribution in [3.05, 3.63) is 54.1 Å². The molecule has 1 N–H and O–H groups in total. The molecule has 1 heterocycles. The van der Waals surface area contributed by atoms with Crippen LogP contribution in [-0.2, 0) is 14.8 Å². The van der Waals surface area contributed by atoms with Crippen molar-refractivity contribution in [2.75, 3.05) is 13.1 Å². The lowest BCUT2D eigenvalue weighted by Crippen LogP contribution is -2.60. The molecule has 0 atom stereocenters. The van der Waals surface area contributed by atoms with Crippen molar-refractivity contribution in [1.82, 2.24) is 4.31 Å². The fourth-order valence-electron chi connectivity index (χ4n) is 2.66. The van der Waals surface area contributed by atoms with Gasteiger partial charge in [-0.15, -0.1) is 0 Å². The summed E-state index contributed by atoms with van der Waals surface area (Å²) in [4.78, 5) is 11.2. The van der Waals surface area contributed by atoms with Gasteiger partial charge in [-0.25, -0.2) is 8.42 Å². The molecule has 2 aromatic rings. The number of carboxylic acids is 1. The van der Waals surface area contributed by atoms with Crippen LogP contribution in [-0.4, -0.2) is 36.9 Å². The minimum absolute atomic E-state index is 0.0217. The smallest absolute Gasteiger partial charge is 0.312 e. The molecule has 2 aromatic carbocycles. The molecule has 132 valence electrons. The van der Waals surface area contributed by atoms with Crippen LogP contribution in [0.4, 0.5) is 0 Å². The highest BCUT2D eigenvalue weighted by Gasteiger charge is 2.50. The second-order valence-electron chi connectivity index (χ2n) is 6.48. The van der Waals surface area contributed by atoms with E-state index < -0.39 is 21.4 Å². The maximum Gasteiger partial charge on any atom is 0.312 e. The summed E-state index contributed by atoms with van der Waals surface area (Å²) in [7, 11) is -3.69. The summed E-state index contributed by atoms with van der Waals surface area (Å²) in [5, 5.41) is 9.11. The molecule has 0 aliphatic carbocycles. The van der Waals surface area contributed by atoms with Crippen LogP contribution in [0.3, 0.4) is 0 Å². The zero-order valence-corrected chi connectivity index (χ0v) is 14.8. The molecule has 0 bridgehead atoms. The van der Waals surface area contributed by atoms with E-state index in [1.54, 1.807) is 19.1 Å². The summed E-state index contributed by atoms with van der Waals surface area (Å²) in [6.07, 6.45) is 0. The van der Waals surface area contributed by atoms with Crippen molar-refractivity contribution in [3.8, 4) is 11.5 Å². The minimum atomic E-state index is -3.69. The van der Waals surface area contributed by atoms with Gasteiger partial charge < -0.3 is 9.84 Å². The first-order chi connectivity index (χ1) is 11.7. The van der Waals surface area contributed by atoms with Crippen LogP contribution >= 0.6 is 0 Å². The summed E-state index contributed by atoms with van der Waals surface area (Å²) < 4.78 is 32.0. The number of aryl methyl sites for hydroxylation is 1.